The van der Waals surface area contributed by atoms with Gasteiger partial charge in [-0.3, -0.25) is 4.99 Å². The van der Waals surface area contributed by atoms with Gasteiger partial charge in [0.05, 0.1) is 38.9 Å². The summed E-state index contributed by atoms with van der Waals surface area (Å²) in [5.74, 6) is 0. The lowest BCUT2D eigenvalue weighted by atomic mass is 10.0. The average Bonchev–Trinajstić information content (AvgIpc) is 2.92. The van der Waals surface area contributed by atoms with Crippen molar-refractivity contribution in [2.75, 3.05) is 12.3 Å². The van der Waals surface area contributed by atoms with Gasteiger partial charge in [0.2, 0.25) is 0 Å². The van der Waals surface area contributed by atoms with Crippen LogP contribution >= 0.6 is 23.2 Å². The van der Waals surface area contributed by atoms with Gasteiger partial charge in [0.15, 0.2) is 0 Å². The maximum Gasteiger partial charge on any atom is 0.416 e. The lowest BCUT2D eigenvalue weighted by Gasteiger charge is -2.20. The lowest BCUT2D eigenvalue weighted by molar-refractivity contribution is -0.673. The molecular weight excluding hydrogens is 416 g/mol. The van der Waals surface area contributed by atoms with E-state index in [1.807, 2.05) is 0 Å². The Balaban J connectivity index is 2.00. The van der Waals surface area contributed by atoms with E-state index in [0.29, 0.717) is 27.2 Å². The van der Waals surface area contributed by atoms with Crippen LogP contribution in [0.2, 0.25) is 10.0 Å². The van der Waals surface area contributed by atoms with Crippen molar-refractivity contribution in [2.45, 2.75) is 19.1 Å². The summed E-state index contributed by atoms with van der Waals surface area (Å²) in [6.07, 6.45) is -4.55. The number of hydrogen-bond acceptors (Lipinski definition) is 3. The van der Waals surface area contributed by atoms with Gasteiger partial charge in [-0.15, -0.1) is 4.68 Å². The summed E-state index contributed by atoms with van der Waals surface area (Å²) in [6.45, 7) is 2.04. The van der Waals surface area contributed by atoms with Gasteiger partial charge in [0.1, 0.15) is 11.7 Å². The Kier molecular flexibility index (Phi) is 4.24. The first-order valence-corrected chi connectivity index (χ1v) is 9.00. The number of nitrogens with two attached hydrogens (primary N) is 1. The number of alkyl halides is 3. The van der Waals surface area contributed by atoms with Gasteiger partial charge in [-0.25, -0.2) is 0 Å². The fourth-order valence-corrected chi connectivity index (χ4v) is 3.84. The average molecular weight is 429 g/mol. The van der Waals surface area contributed by atoms with E-state index >= 15 is 0 Å². The largest absolute Gasteiger partial charge is 0.595 e. The topological polar surface area (TPSA) is 70.2 Å². The highest BCUT2D eigenvalue weighted by Crippen LogP contribution is 2.35. The molecule has 0 fully saturated rings. The molecule has 5 nitrogen and oxygen atoms in total. The Hall–Kier alpha value is -2.45. The summed E-state index contributed by atoms with van der Waals surface area (Å²) < 4.78 is 40.7. The first kappa shape index (κ1) is 18.9. The quantitative estimate of drug-likeness (QED) is 0.349. The molecule has 0 spiro atoms. The molecule has 28 heavy (non-hydrogen) atoms. The van der Waals surface area contributed by atoms with Gasteiger partial charge < -0.3 is 10.9 Å². The van der Waals surface area contributed by atoms with E-state index < -0.39 is 11.7 Å². The molecule has 0 amide bonds. The molecule has 1 aromatic heterocycles. The van der Waals surface area contributed by atoms with Crippen LogP contribution in [-0.4, -0.2) is 16.9 Å². The molecule has 0 saturated carbocycles. The first-order chi connectivity index (χ1) is 13.1. The van der Waals surface area contributed by atoms with Crippen LogP contribution in [0.25, 0.3) is 10.9 Å². The van der Waals surface area contributed by atoms with E-state index in [4.69, 9.17) is 28.9 Å². The van der Waals surface area contributed by atoms with E-state index in [1.54, 1.807) is 19.1 Å². The van der Waals surface area contributed by atoms with Crippen LogP contribution in [0.5, 0.6) is 0 Å². The molecule has 2 N–H and O–H groups in total. The predicted molar refractivity (Wildman–Crippen MR) is 102 cm³/mol. The van der Waals surface area contributed by atoms with Gasteiger partial charge in [-0.1, -0.05) is 28.0 Å². The number of rotatable bonds is 1. The molecule has 0 bridgehead atoms. The molecule has 146 valence electrons. The molecule has 1 unspecified atom stereocenters. The SMILES string of the molecule is CC1CN=C(c2cc(Cl)c(N)c(Cl)c2)c2c3ccc(C(F)(F)F)cc3[n+]([O-])n21. The van der Waals surface area contributed by atoms with Gasteiger partial charge in [0, 0.05) is 11.6 Å². The minimum Gasteiger partial charge on any atom is -0.595 e. The fraction of sp³-hybridized carbons (Fsp3) is 0.222. The number of anilines is 1. The molecule has 0 aliphatic carbocycles. The standard InChI is InChI=1S/C18H13Cl2F3N4O/c1-8-7-25-16(9-4-12(19)15(24)13(20)5-9)17-11-3-2-10(18(21,22)23)6-14(11)27(28)26(8)17/h2-6,8H,7,24H2,1H3. The summed E-state index contributed by atoms with van der Waals surface area (Å²) in [6, 6.07) is 5.88. The number of nitrogen functional groups attached to an aromatic ring is 1. The van der Waals surface area contributed by atoms with E-state index in [0.717, 1.165) is 12.1 Å². The third kappa shape index (κ3) is 2.79. The zero-order valence-corrected chi connectivity index (χ0v) is 15.9. The summed E-state index contributed by atoms with van der Waals surface area (Å²) in [4.78, 5) is 5.02. The molecule has 0 radical (unpaired) electrons. The Morgan fingerprint density at radius 3 is 2.46 bits per heavy atom. The fourth-order valence-electron chi connectivity index (χ4n) is 3.36. The highest BCUT2D eigenvalue weighted by molar-refractivity contribution is 6.39. The second-order valence-electron chi connectivity index (χ2n) is 6.59. The van der Waals surface area contributed by atoms with Crippen LogP contribution in [0.15, 0.2) is 35.3 Å². The van der Waals surface area contributed by atoms with Crippen molar-refractivity contribution >= 4 is 45.5 Å². The van der Waals surface area contributed by atoms with Crippen molar-refractivity contribution in [3.8, 4) is 0 Å². The molecular formula is C18H13Cl2F3N4O. The van der Waals surface area contributed by atoms with Crippen molar-refractivity contribution in [1.29, 1.82) is 0 Å². The van der Waals surface area contributed by atoms with E-state index in [1.165, 1.54) is 10.7 Å². The van der Waals surface area contributed by atoms with Gasteiger partial charge >= 0.3 is 6.18 Å². The third-order valence-electron chi connectivity index (χ3n) is 4.72. The van der Waals surface area contributed by atoms with Crippen LogP contribution < -0.4 is 10.6 Å². The van der Waals surface area contributed by atoms with Gasteiger partial charge in [-0.2, -0.15) is 13.2 Å². The maximum absolute atomic E-state index is 13.1. The molecule has 1 atom stereocenters. The number of benzene rings is 2. The normalized spacial score (nSPS) is 16.9. The number of hydrogen-bond donors (Lipinski definition) is 1. The van der Waals surface area contributed by atoms with E-state index in [9.17, 15) is 18.4 Å². The number of aliphatic imine (C=N–C) groups is 1. The summed E-state index contributed by atoms with van der Waals surface area (Å²) in [5, 5.41) is 13.6. The summed E-state index contributed by atoms with van der Waals surface area (Å²) >= 11 is 12.3. The van der Waals surface area contributed by atoms with Crippen LogP contribution in [0.1, 0.15) is 29.8 Å². The molecule has 2 aromatic carbocycles. The Bertz CT molecular complexity index is 1130. The van der Waals surface area contributed by atoms with E-state index in [2.05, 4.69) is 4.99 Å². The minimum atomic E-state index is -4.55. The van der Waals surface area contributed by atoms with E-state index in [-0.39, 0.29) is 33.8 Å². The Morgan fingerprint density at radius 2 is 1.86 bits per heavy atom. The van der Waals surface area contributed by atoms with Crippen molar-refractivity contribution in [3.63, 3.8) is 0 Å². The van der Waals surface area contributed by atoms with Gasteiger partial charge in [0.25, 0.3) is 5.52 Å². The number of aromatic nitrogens is 2. The first-order valence-electron chi connectivity index (χ1n) is 8.24. The second-order valence-corrected chi connectivity index (χ2v) is 7.40. The smallest absolute Gasteiger partial charge is 0.416 e. The summed E-state index contributed by atoms with van der Waals surface area (Å²) in [7, 11) is 0. The minimum absolute atomic E-state index is 0.0843. The van der Waals surface area contributed by atoms with Crippen molar-refractivity contribution < 1.29 is 18.0 Å². The number of halogens is 5. The third-order valence-corrected chi connectivity index (χ3v) is 5.34. The van der Waals surface area contributed by atoms with Crippen molar-refractivity contribution in [2.24, 2.45) is 4.99 Å². The van der Waals surface area contributed by atoms with Crippen LogP contribution in [0.4, 0.5) is 18.9 Å². The van der Waals surface area contributed by atoms with Crippen LogP contribution in [0, 0.1) is 5.21 Å². The highest BCUT2D eigenvalue weighted by Gasteiger charge is 2.36. The highest BCUT2D eigenvalue weighted by atomic mass is 35.5. The number of nitrogens with zero attached hydrogens (tertiary/aromatic N) is 3. The van der Waals surface area contributed by atoms with Crippen molar-refractivity contribution in [1.82, 2.24) is 4.68 Å². The molecule has 1 aliphatic rings. The lowest BCUT2D eigenvalue weighted by Crippen LogP contribution is -2.43. The molecule has 1 aliphatic heterocycles. The second kappa shape index (κ2) is 6.28. The maximum atomic E-state index is 13.1. The van der Waals surface area contributed by atoms with Crippen LogP contribution in [-0.2, 0) is 6.18 Å². The Labute approximate surface area is 167 Å². The molecule has 4 rings (SSSR count). The predicted octanol–water partition coefficient (Wildman–Crippen LogP) is 4.59. The number of fused-ring (bicyclic) bond motifs is 3. The Morgan fingerprint density at radius 1 is 1.21 bits per heavy atom. The molecule has 3 aromatic rings. The zero-order chi connectivity index (χ0) is 20.4. The summed E-state index contributed by atoms with van der Waals surface area (Å²) in [5.41, 5.74) is 6.37. The molecule has 10 heteroatoms. The van der Waals surface area contributed by atoms with Crippen molar-refractivity contribution in [3.05, 3.63) is 62.4 Å². The molecule has 0 saturated heterocycles. The van der Waals surface area contributed by atoms with Gasteiger partial charge in [-0.05, 0) is 31.2 Å². The van der Waals surface area contributed by atoms with Crippen LogP contribution in [0.3, 0.4) is 0 Å². The zero-order valence-electron chi connectivity index (χ0n) is 14.4. The molecule has 2 heterocycles. The monoisotopic (exact) mass is 428 g/mol.